The number of hydrogen-bond acceptors (Lipinski definition) is 14. The van der Waals surface area contributed by atoms with Crippen LogP contribution in [0.15, 0.2) is 5.11 Å². The minimum Gasteiger partial charge on any atom is -0.444 e. The van der Waals surface area contributed by atoms with Gasteiger partial charge in [0, 0.05) is 37.4 Å². The third kappa shape index (κ3) is 22.4. The van der Waals surface area contributed by atoms with Gasteiger partial charge < -0.3 is 47.6 Å². The molecular formula is C28H49N5O13. The molecule has 18 heteroatoms. The molecule has 1 saturated heterocycles. The maximum Gasteiger partial charge on any atom is 0.410 e. The first-order chi connectivity index (χ1) is 22.1. The zero-order valence-corrected chi connectivity index (χ0v) is 27.2. The molecule has 1 heterocycles. The van der Waals surface area contributed by atoms with E-state index in [1.165, 1.54) is 4.90 Å². The quantitative estimate of drug-likeness (QED) is 0.0384. The molecule has 0 saturated carbocycles. The zero-order valence-electron chi connectivity index (χ0n) is 27.2. The van der Waals surface area contributed by atoms with E-state index in [1.54, 1.807) is 20.8 Å². The number of imide groups is 1. The highest BCUT2D eigenvalue weighted by atomic mass is 16.7. The topological polar surface area (TPSA) is 207 Å². The van der Waals surface area contributed by atoms with Gasteiger partial charge in [0.1, 0.15) is 5.60 Å². The summed E-state index contributed by atoms with van der Waals surface area (Å²) in [6.07, 6.45) is -0.465. The average molecular weight is 664 g/mol. The molecule has 1 aliphatic rings. The second-order valence-corrected chi connectivity index (χ2v) is 10.5. The normalized spacial score (nSPS) is 13.2. The highest BCUT2D eigenvalue weighted by Crippen LogP contribution is 2.12. The fraction of sp³-hybridized carbons (Fsp3) is 0.857. The van der Waals surface area contributed by atoms with E-state index in [9.17, 15) is 19.2 Å². The van der Waals surface area contributed by atoms with Crippen LogP contribution in [0.4, 0.5) is 4.79 Å². The van der Waals surface area contributed by atoms with Crippen molar-refractivity contribution in [2.75, 3.05) is 112 Å². The average Bonchev–Trinajstić information content (AvgIpc) is 3.31. The lowest BCUT2D eigenvalue weighted by Gasteiger charge is -2.27. The van der Waals surface area contributed by atoms with Crippen LogP contribution >= 0.6 is 0 Å². The fourth-order valence-electron chi connectivity index (χ4n) is 3.38. The van der Waals surface area contributed by atoms with Gasteiger partial charge in [-0.25, -0.2) is 9.59 Å². The Bertz CT molecular complexity index is 912. The number of amides is 3. The van der Waals surface area contributed by atoms with E-state index < -0.39 is 29.5 Å². The molecule has 46 heavy (non-hydrogen) atoms. The van der Waals surface area contributed by atoms with E-state index in [0.717, 1.165) is 0 Å². The third-order valence-corrected chi connectivity index (χ3v) is 5.57. The molecule has 1 aliphatic heterocycles. The minimum absolute atomic E-state index is 0.0449. The molecule has 0 unspecified atom stereocenters. The van der Waals surface area contributed by atoms with Gasteiger partial charge >= 0.3 is 12.1 Å². The number of rotatable bonds is 28. The number of azide groups is 1. The molecule has 0 N–H and O–H groups in total. The highest BCUT2D eigenvalue weighted by Gasteiger charge is 2.32. The summed E-state index contributed by atoms with van der Waals surface area (Å²) < 4.78 is 43.4. The highest BCUT2D eigenvalue weighted by molar-refractivity contribution is 6.01. The van der Waals surface area contributed by atoms with Crippen LogP contribution in [0.5, 0.6) is 0 Å². The Morgan fingerprint density at radius 2 is 1.13 bits per heavy atom. The molecule has 264 valence electrons. The summed E-state index contributed by atoms with van der Waals surface area (Å²) in [4.78, 5) is 56.0. The van der Waals surface area contributed by atoms with E-state index in [0.29, 0.717) is 90.8 Å². The van der Waals surface area contributed by atoms with Crippen LogP contribution in [0.25, 0.3) is 10.4 Å². The Kier molecular flexibility index (Phi) is 23.2. The van der Waals surface area contributed by atoms with Gasteiger partial charge in [-0.3, -0.25) is 9.59 Å². The maximum atomic E-state index is 12.6. The van der Waals surface area contributed by atoms with Gasteiger partial charge in [0.2, 0.25) is 0 Å². The number of nitrogens with zero attached hydrogens (tertiary/aromatic N) is 5. The van der Waals surface area contributed by atoms with Gasteiger partial charge in [-0.15, -0.1) is 5.06 Å². The predicted molar refractivity (Wildman–Crippen MR) is 159 cm³/mol. The van der Waals surface area contributed by atoms with E-state index in [4.69, 9.17) is 48.3 Å². The van der Waals surface area contributed by atoms with Crippen molar-refractivity contribution in [3.8, 4) is 0 Å². The molecule has 0 radical (unpaired) electrons. The number of hydrogen-bond donors (Lipinski definition) is 0. The van der Waals surface area contributed by atoms with Crippen molar-refractivity contribution in [1.82, 2.24) is 9.96 Å². The Hall–Kier alpha value is -3.09. The number of carbonyl (C=O) groups is 4. The summed E-state index contributed by atoms with van der Waals surface area (Å²) in [5, 5.41) is 3.88. The van der Waals surface area contributed by atoms with E-state index >= 15 is 0 Å². The van der Waals surface area contributed by atoms with Gasteiger partial charge in [0.05, 0.1) is 98.9 Å². The molecule has 18 nitrogen and oxygen atoms in total. The molecule has 0 aromatic rings. The van der Waals surface area contributed by atoms with Gasteiger partial charge in [-0.2, -0.15) is 0 Å². The molecule has 0 atom stereocenters. The standard InChI is InChI=1S/C28H49N5O13/c1-28(2,3)45-27(37)32(8-12-40-16-20-43-19-15-39-11-7-30-31-29)9-13-41-17-21-44-23-22-42-18-14-38-10-6-26(36)46-33-24(34)4-5-25(33)35/h4-23H2,1-3H3. The number of hydroxylamine groups is 2. The monoisotopic (exact) mass is 663 g/mol. The van der Waals surface area contributed by atoms with E-state index in [-0.39, 0.29) is 45.6 Å². The summed E-state index contributed by atoms with van der Waals surface area (Å²) >= 11 is 0. The van der Waals surface area contributed by atoms with Gasteiger partial charge in [0.25, 0.3) is 11.8 Å². The fourth-order valence-corrected chi connectivity index (χ4v) is 3.38. The zero-order chi connectivity index (χ0) is 33.9. The third-order valence-electron chi connectivity index (χ3n) is 5.57. The minimum atomic E-state index is -0.718. The van der Waals surface area contributed by atoms with Crippen molar-refractivity contribution in [3.63, 3.8) is 0 Å². The van der Waals surface area contributed by atoms with Crippen molar-refractivity contribution in [3.05, 3.63) is 10.4 Å². The first kappa shape index (κ1) is 40.9. The molecule has 1 fully saturated rings. The molecule has 0 aliphatic carbocycles. The van der Waals surface area contributed by atoms with Crippen LogP contribution in [-0.2, 0) is 57.1 Å². The Balaban J connectivity index is 2.03. The van der Waals surface area contributed by atoms with Crippen LogP contribution in [0.2, 0.25) is 0 Å². The smallest absolute Gasteiger partial charge is 0.410 e. The lowest BCUT2D eigenvalue weighted by Crippen LogP contribution is -2.40. The maximum absolute atomic E-state index is 12.6. The SMILES string of the molecule is CC(C)(C)OC(=O)N(CCOCCOCCOCCN=[N+]=[N-])CCOCCOCCOCCOCCC(=O)ON1C(=O)CCC1=O. The van der Waals surface area contributed by atoms with Crippen molar-refractivity contribution in [2.45, 2.75) is 45.6 Å². The molecule has 0 spiro atoms. The summed E-state index contributed by atoms with van der Waals surface area (Å²) in [5.74, 6) is -1.77. The van der Waals surface area contributed by atoms with Crippen LogP contribution in [-0.4, -0.2) is 152 Å². The van der Waals surface area contributed by atoms with Crippen LogP contribution in [0.3, 0.4) is 0 Å². The van der Waals surface area contributed by atoms with Crippen molar-refractivity contribution in [1.29, 1.82) is 0 Å². The largest absolute Gasteiger partial charge is 0.444 e. The van der Waals surface area contributed by atoms with E-state index in [2.05, 4.69) is 10.0 Å². The number of carbonyl (C=O) groups excluding carboxylic acids is 4. The van der Waals surface area contributed by atoms with Crippen LogP contribution in [0, 0.1) is 0 Å². The Morgan fingerprint density at radius 3 is 1.57 bits per heavy atom. The first-order valence-electron chi connectivity index (χ1n) is 15.2. The summed E-state index contributed by atoms with van der Waals surface area (Å²) in [7, 11) is 0. The Labute approximate surface area is 269 Å². The van der Waals surface area contributed by atoms with Crippen LogP contribution in [0.1, 0.15) is 40.0 Å². The van der Waals surface area contributed by atoms with Crippen molar-refractivity contribution < 1.29 is 61.9 Å². The summed E-state index contributed by atoms with van der Waals surface area (Å²) in [6.45, 7) is 10.8. The second-order valence-electron chi connectivity index (χ2n) is 10.5. The molecule has 3 amide bonds. The predicted octanol–water partition coefficient (Wildman–Crippen LogP) is 1.65. The first-order valence-corrected chi connectivity index (χ1v) is 15.2. The molecule has 1 rings (SSSR count). The second kappa shape index (κ2) is 26.0. The van der Waals surface area contributed by atoms with Gasteiger partial charge in [-0.05, 0) is 26.3 Å². The molecule has 0 bridgehead atoms. The molecular weight excluding hydrogens is 614 g/mol. The summed E-state index contributed by atoms with van der Waals surface area (Å²) in [6, 6.07) is 0. The van der Waals surface area contributed by atoms with Gasteiger partial charge in [0.15, 0.2) is 0 Å². The van der Waals surface area contributed by atoms with Crippen molar-refractivity contribution in [2.24, 2.45) is 5.11 Å². The lowest BCUT2D eigenvalue weighted by molar-refractivity contribution is -0.198. The van der Waals surface area contributed by atoms with Crippen molar-refractivity contribution >= 4 is 23.9 Å². The summed E-state index contributed by atoms with van der Waals surface area (Å²) in [5.41, 5.74) is 7.55. The lowest BCUT2D eigenvalue weighted by atomic mass is 10.2. The Morgan fingerprint density at radius 1 is 0.717 bits per heavy atom. The van der Waals surface area contributed by atoms with E-state index in [1.807, 2.05) is 0 Å². The number of ether oxygens (including phenoxy) is 8. The molecule has 0 aromatic carbocycles. The van der Waals surface area contributed by atoms with Gasteiger partial charge in [-0.1, -0.05) is 5.11 Å². The molecule has 0 aromatic heterocycles. The van der Waals surface area contributed by atoms with Crippen LogP contribution < -0.4 is 0 Å².